The minimum Gasteiger partial charge on any atom is -0.495 e. The number of anilines is 1. The number of methoxy groups -OCH3 is 1. The zero-order valence-electron chi connectivity index (χ0n) is 16.9. The number of carbonyl (C=O) groups is 1. The maximum atomic E-state index is 13.1. The first-order valence-corrected chi connectivity index (χ1v) is 11.9. The first-order valence-electron chi connectivity index (χ1n) is 9.67. The third kappa shape index (κ3) is 5.33. The quantitative estimate of drug-likeness (QED) is 0.601. The molecule has 1 heterocycles. The third-order valence-electron chi connectivity index (χ3n) is 4.97. The van der Waals surface area contributed by atoms with Crippen LogP contribution in [0.3, 0.4) is 0 Å². The lowest BCUT2D eigenvalue weighted by molar-refractivity contribution is 0.0730. The number of sulfonamides is 1. The van der Waals surface area contributed by atoms with Crippen molar-refractivity contribution in [2.75, 3.05) is 38.1 Å². The largest absolute Gasteiger partial charge is 0.495 e. The Morgan fingerprint density at radius 2 is 2.00 bits per heavy atom. The summed E-state index contributed by atoms with van der Waals surface area (Å²) in [7, 11) is -2.56. The highest BCUT2D eigenvalue weighted by Crippen LogP contribution is 2.28. The molecule has 30 heavy (non-hydrogen) atoms. The zero-order valence-corrected chi connectivity index (χ0v) is 19.3. The normalized spacial score (nSPS) is 16.3. The van der Waals surface area contributed by atoms with Crippen LogP contribution < -0.4 is 9.46 Å². The Hall–Kier alpha value is -2.10. The number of ether oxygens (including phenoxy) is 2. The lowest BCUT2D eigenvalue weighted by Gasteiger charge is -2.24. The van der Waals surface area contributed by atoms with E-state index in [0.717, 1.165) is 10.9 Å². The van der Waals surface area contributed by atoms with Crippen molar-refractivity contribution in [1.82, 2.24) is 4.90 Å². The molecule has 0 aliphatic carbocycles. The fourth-order valence-corrected chi connectivity index (χ4v) is 4.84. The molecule has 0 saturated carbocycles. The van der Waals surface area contributed by atoms with Gasteiger partial charge < -0.3 is 14.4 Å². The van der Waals surface area contributed by atoms with Gasteiger partial charge in [0.25, 0.3) is 15.9 Å². The van der Waals surface area contributed by atoms with Gasteiger partial charge in [0, 0.05) is 41.3 Å². The number of halogens is 1. The van der Waals surface area contributed by atoms with E-state index in [9.17, 15) is 13.2 Å². The van der Waals surface area contributed by atoms with Crippen LogP contribution >= 0.6 is 15.9 Å². The van der Waals surface area contributed by atoms with E-state index in [1.807, 2.05) is 6.92 Å². The van der Waals surface area contributed by atoms with E-state index in [1.54, 1.807) is 35.2 Å². The number of nitrogens with one attached hydrogen (secondary N) is 1. The molecule has 7 nitrogen and oxygen atoms in total. The lowest BCUT2D eigenvalue weighted by Crippen LogP contribution is -2.35. The van der Waals surface area contributed by atoms with Crippen molar-refractivity contribution < 1.29 is 22.7 Å². The minimum atomic E-state index is -3.96. The van der Waals surface area contributed by atoms with Gasteiger partial charge in [0.15, 0.2) is 0 Å². The van der Waals surface area contributed by atoms with E-state index in [-0.39, 0.29) is 16.6 Å². The van der Waals surface area contributed by atoms with Gasteiger partial charge in [-0.25, -0.2) is 8.42 Å². The van der Waals surface area contributed by atoms with Crippen molar-refractivity contribution in [2.45, 2.75) is 18.2 Å². The summed E-state index contributed by atoms with van der Waals surface area (Å²) in [5.74, 6) is 0.255. The molecule has 1 N–H and O–H groups in total. The van der Waals surface area contributed by atoms with Gasteiger partial charge in [-0.15, -0.1) is 0 Å². The van der Waals surface area contributed by atoms with E-state index < -0.39 is 10.0 Å². The number of amides is 1. The number of hydrogen-bond donors (Lipinski definition) is 1. The van der Waals surface area contributed by atoms with Crippen molar-refractivity contribution in [3.8, 4) is 5.75 Å². The van der Waals surface area contributed by atoms with Gasteiger partial charge in [0.1, 0.15) is 10.6 Å². The summed E-state index contributed by atoms with van der Waals surface area (Å²) in [6.45, 7) is 4.37. The fraction of sp³-hybridized carbons (Fsp3) is 0.381. The maximum Gasteiger partial charge on any atom is 0.265 e. The Morgan fingerprint density at radius 3 is 2.60 bits per heavy atom. The fourth-order valence-electron chi connectivity index (χ4n) is 3.32. The van der Waals surface area contributed by atoms with Crippen molar-refractivity contribution >= 4 is 37.5 Å². The second-order valence-electron chi connectivity index (χ2n) is 7.05. The first kappa shape index (κ1) is 22.6. The monoisotopic (exact) mass is 496 g/mol. The van der Waals surface area contributed by atoms with Crippen molar-refractivity contribution in [3.05, 3.63) is 52.5 Å². The molecule has 0 bridgehead atoms. The Balaban J connectivity index is 1.88. The molecule has 1 aliphatic heterocycles. The van der Waals surface area contributed by atoms with Crippen LogP contribution in [0.15, 0.2) is 51.8 Å². The highest BCUT2D eigenvalue weighted by Gasteiger charge is 2.26. The van der Waals surface area contributed by atoms with Gasteiger partial charge >= 0.3 is 0 Å². The van der Waals surface area contributed by atoms with E-state index in [0.29, 0.717) is 43.5 Å². The molecule has 1 fully saturated rings. The molecule has 0 spiro atoms. The maximum absolute atomic E-state index is 13.1. The highest BCUT2D eigenvalue weighted by molar-refractivity contribution is 9.10. The number of nitrogens with zero attached hydrogens (tertiary/aromatic N) is 1. The van der Waals surface area contributed by atoms with Crippen molar-refractivity contribution in [2.24, 2.45) is 5.92 Å². The molecule has 1 amide bonds. The van der Waals surface area contributed by atoms with Crippen molar-refractivity contribution in [3.63, 3.8) is 0 Å². The van der Waals surface area contributed by atoms with Crippen LogP contribution in [0, 0.1) is 5.92 Å². The Kier molecular flexibility index (Phi) is 7.38. The number of rotatable bonds is 8. The van der Waals surface area contributed by atoms with Gasteiger partial charge in [-0.3, -0.25) is 9.52 Å². The van der Waals surface area contributed by atoms with E-state index in [1.165, 1.54) is 19.2 Å². The van der Waals surface area contributed by atoms with Crippen LogP contribution in [0.2, 0.25) is 0 Å². The summed E-state index contributed by atoms with van der Waals surface area (Å²) in [5.41, 5.74) is 0.709. The predicted molar refractivity (Wildman–Crippen MR) is 118 cm³/mol. The molecular formula is C21H25BrN2O5S. The van der Waals surface area contributed by atoms with Gasteiger partial charge in [-0.1, -0.05) is 15.9 Å². The zero-order chi connectivity index (χ0) is 21.7. The molecular weight excluding hydrogens is 472 g/mol. The summed E-state index contributed by atoms with van der Waals surface area (Å²) in [5, 5.41) is 0. The molecule has 1 saturated heterocycles. The summed E-state index contributed by atoms with van der Waals surface area (Å²) in [6, 6.07) is 11.2. The van der Waals surface area contributed by atoms with Crippen LogP contribution in [0.4, 0.5) is 5.69 Å². The van der Waals surface area contributed by atoms with Crippen LogP contribution in [0.25, 0.3) is 0 Å². The van der Waals surface area contributed by atoms with E-state index in [4.69, 9.17) is 9.47 Å². The average molecular weight is 497 g/mol. The smallest absolute Gasteiger partial charge is 0.265 e. The number of hydrogen-bond acceptors (Lipinski definition) is 5. The molecule has 3 rings (SSSR count). The Morgan fingerprint density at radius 1 is 1.27 bits per heavy atom. The summed E-state index contributed by atoms with van der Waals surface area (Å²) in [6.07, 6.45) is 0.920. The second-order valence-corrected chi connectivity index (χ2v) is 9.62. The summed E-state index contributed by atoms with van der Waals surface area (Å²) < 4.78 is 40.1. The second kappa shape index (κ2) is 9.80. The molecule has 0 radical (unpaired) electrons. The molecule has 2 aromatic rings. The van der Waals surface area contributed by atoms with E-state index >= 15 is 0 Å². The van der Waals surface area contributed by atoms with E-state index in [2.05, 4.69) is 20.7 Å². The Labute approximate surface area is 185 Å². The van der Waals surface area contributed by atoms with Gasteiger partial charge in [-0.05, 0) is 55.8 Å². The molecule has 2 aromatic carbocycles. The number of benzene rings is 2. The topological polar surface area (TPSA) is 84.9 Å². The van der Waals surface area contributed by atoms with Crippen LogP contribution in [0.5, 0.6) is 5.75 Å². The average Bonchev–Trinajstić information content (AvgIpc) is 3.26. The van der Waals surface area contributed by atoms with Gasteiger partial charge in [0.05, 0.1) is 13.7 Å². The predicted octanol–water partition coefficient (Wildman–Crippen LogP) is 3.76. The number of carbonyl (C=O) groups excluding carboxylic acids is 1. The third-order valence-corrected chi connectivity index (χ3v) is 6.90. The molecule has 0 aromatic heterocycles. The van der Waals surface area contributed by atoms with Gasteiger partial charge in [0.2, 0.25) is 0 Å². The lowest BCUT2D eigenvalue weighted by atomic mass is 10.1. The summed E-state index contributed by atoms with van der Waals surface area (Å²) >= 11 is 3.32. The standard InChI is InChI=1S/C21H25BrN2O5S/c1-3-24(13-15-10-11-29-14-15)21(25)16-4-9-19(28-2)20(12-16)30(26,27)23-18-7-5-17(22)6-8-18/h4-9,12,15,23H,3,10-11,13-14H2,1-2H3. The van der Waals surface area contributed by atoms with Crippen molar-refractivity contribution in [1.29, 1.82) is 0 Å². The molecule has 9 heteroatoms. The van der Waals surface area contributed by atoms with Gasteiger partial charge in [-0.2, -0.15) is 0 Å². The summed E-state index contributed by atoms with van der Waals surface area (Å²) in [4.78, 5) is 14.7. The first-order chi connectivity index (χ1) is 14.3. The van der Waals surface area contributed by atoms with Crippen LogP contribution in [0.1, 0.15) is 23.7 Å². The SMILES string of the molecule is CCN(CC1CCOC1)C(=O)c1ccc(OC)c(S(=O)(=O)Nc2ccc(Br)cc2)c1. The molecule has 1 atom stereocenters. The Bertz CT molecular complexity index is 989. The highest BCUT2D eigenvalue weighted by atomic mass is 79.9. The molecule has 1 aliphatic rings. The van der Waals surface area contributed by atoms with Crippen LogP contribution in [-0.2, 0) is 14.8 Å². The minimum absolute atomic E-state index is 0.0842. The molecule has 162 valence electrons. The molecule has 1 unspecified atom stereocenters. The van der Waals surface area contributed by atoms with Crippen LogP contribution in [-0.4, -0.2) is 52.6 Å².